The van der Waals surface area contributed by atoms with Crippen LogP contribution in [0.2, 0.25) is 0 Å². The molecule has 0 bridgehead atoms. The van der Waals surface area contributed by atoms with E-state index in [-0.39, 0.29) is 5.46 Å². The molecule has 0 fully saturated rings. The first-order valence-corrected chi connectivity index (χ1v) is 5.79. The molecule has 2 N–H and O–H groups in total. The summed E-state index contributed by atoms with van der Waals surface area (Å²) in [4.78, 5) is 0. The molecule has 0 heterocycles. The van der Waals surface area contributed by atoms with Crippen molar-refractivity contribution >= 4 is 12.6 Å². The highest BCUT2D eigenvalue weighted by molar-refractivity contribution is 6.59. The predicted molar refractivity (Wildman–Crippen MR) is 65.8 cm³/mol. The lowest BCUT2D eigenvalue weighted by molar-refractivity contribution is 0.298. The van der Waals surface area contributed by atoms with Crippen molar-refractivity contribution in [2.45, 2.75) is 26.7 Å². The molecule has 3 nitrogen and oxygen atoms in total. The van der Waals surface area contributed by atoms with Crippen LogP contribution in [0, 0.1) is 11.7 Å². The molecule has 0 aromatic heterocycles. The van der Waals surface area contributed by atoms with E-state index in [2.05, 4.69) is 13.8 Å². The summed E-state index contributed by atoms with van der Waals surface area (Å²) in [7, 11) is -1.72. The van der Waals surface area contributed by atoms with Gasteiger partial charge in [-0.15, -0.1) is 0 Å². The quantitative estimate of drug-likeness (QED) is 0.582. The maximum absolute atomic E-state index is 12.9. The number of hydrogen-bond donors (Lipinski definition) is 2. The lowest BCUT2D eigenvalue weighted by Gasteiger charge is -2.11. The van der Waals surface area contributed by atoms with Gasteiger partial charge in [-0.1, -0.05) is 13.8 Å². The molecular formula is C12H18BFO3. The van der Waals surface area contributed by atoms with Crippen molar-refractivity contribution in [2.75, 3.05) is 6.61 Å². The van der Waals surface area contributed by atoms with Gasteiger partial charge >= 0.3 is 7.12 Å². The molecule has 0 aliphatic carbocycles. The van der Waals surface area contributed by atoms with Crippen LogP contribution in [0.4, 0.5) is 4.39 Å². The summed E-state index contributed by atoms with van der Waals surface area (Å²) in [5.41, 5.74) is 0.0644. The molecule has 0 aliphatic rings. The molecule has 0 saturated heterocycles. The zero-order chi connectivity index (χ0) is 12.8. The van der Waals surface area contributed by atoms with Crippen molar-refractivity contribution in [2.24, 2.45) is 5.92 Å². The number of halogens is 1. The highest BCUT2D eigenvalue weighted by Crippen LogP contribution is 2.11. The normalized spacial score (nSPS) is 10.7. The Labute approximate surface area is 101 Å². The van der Waals surface area contributed by atoms with Gasteiger partial charge in [-0.05, 0) is 37.0 Å². The van der Waals surface area contributed by atoms with Crippen molar-refractivity contribution in [1.29, 1.82) is 0 Å². The summed E-state index contributed by atoms with van der Waals surface area (Å²) < 4.78 is 18.3. The SMILES string of the molecule is CC(C)CCCOc1ccc(F)cc1B(O)O. The third-order valence-corrected chi connectivity index (χ3v) is 2.43. The maximum Gasteiger partial charge on any atom is 0.492 e. The van der Waals surface area contributed by atoms with Crippen LogP contribution in [0.3, 0.4) is 0 Å². The molecule has 0 atom stereocenters. The van der Waals surface area contributed by atoms with E-state index >= 15 is 0 Å². The van der Waals surface area contributed by atoms with Crippen LogP contribution < -0.4 is 10.2 Å². The minimum atomic E-state index is -1.72. The van der Waals surface area contributed by atoms with Crippen LogP contribution in [-0.4, -0.2) is 23.8 Å². The highest BCUT2D eigenvalue weighted by Gasteiger charge is 2.17. The summed E-state index contributed by atoms with van der Waals surface area (Å²) in [6.45, 7) is 4.74. The van der Waals surface area contributed by atoms with Gasteiger partial charge in [0.05, 0.1) is 6.61 Å². The van der Waals surface area contributed by atoms with Gasteiger partial charge in [0.2, 0.25) is 0 Å². The Bertz CT molecular complexity index is 356. The lowest BCUT2D eigenvalue weighted by atomic mass is 9.79. The molecular weight excluding hydrogens is 222 g/mol. The van der Waals surface area contributed by atoms with Crippen molar-refractivity contribution in [3.63, 3.8) is 0 Å². The molecule has 1 aromatic rings. The first kappa shape index (κ1) is 14.0. The number of rotatable bonds is 6. The summed E-state index contributed by atoms with van der Waals surface area (Å²) in [6.07, 6.45) is 1.92. The van der Waals surface area contributed by atoms with Gasteiger partial charge in [-0.2, -0.15) is 0 Å². The second-order valence-corrected chi connectivity index (χ2v) is 4.44. The summed E-state index contributed by atoms with van der Waals surface area (Å²) in [5.74, 6) is 0.419. The van der Waals surface area contributed by atoms with Crippen molar-refractivity contribution in [1.82, 2.24) is 0 Å². The van der Waals surface area contributed by atoms with Crippen molar-refractivity contribution < 1.29 is 19.2 Å². The molecule has 94 valence electrons. The fraction of sp³-hybridized carbons (Fsp3) is 0.500. The Morgan fingerprint density at radius 1 is 1.35 bits per heavy atom. The second kappa shape index (κ2) is 6.62. The molecule has 0 saturated carbocycles. The molecule has 0 unspecified atom stereocenters. The fourth-order valence-electron chi connectivity index (χ4n) is 1.53. The smallest absolute Gasteiger partial charge is 0.492 e. The van der Waals surface area contributed by atoms with E-state index < -0.39 is 12.9 Å². The zero-order valence-electron chi connectivity index (χ0n) is 10.2. The van der Waals surface area contributed by atoms with E-state index in [1.54, 1.807) is 0 Å². The van der Waals surface area contributed by atoms with E-state index in [9.17, 15) is 4.39 Å². The maximum atomic E-state index is 12.9. The van der Waals surface area contributed by atoms with Crippen molar-refractivity contribution in [3.8, 4) is 5.75 Å². The van der Waals surface area contributed by atoms with Crippen LogP contribution in [0.1, 0.15) is 26.7 Å². The molecule has 17 heavy (non-hydrogen) atoms. The minimum absolute atomic E-state index is 0.0644. The Hall–Kier alpha value is -1.07. The van der Waals surface area contributed by atoms with E-state index in [0.29, 0.717) is 18.3 Å². The first-order chi connectivity index (χ1) is 8.00. The predicted octanol–water partition coefficient (Wildman–Crippen LogP) is 1.32. The van der Waals surface area contributed by atoms with Gasteiger partial charge in [0, 0.05) is 5.46 Å². The van der Waals surface area contributed by atoms with Gasteiger partial charge in [0.1, 0.15) is 11.6 Å². The van der Waals surface area contributed by atoms with E-state index in [1.165, 1.54) is 12.1 Å². The Morgan fingerprint density at radius 2 is 2.06 bits per heavy atom. The standard InChI is InChI=1S/C12H18BFO3/c1-9(2)4-3-7-17-12-6-5-10(14)8-11(12)13(15)16/h5-6,8-9,15-16H,3-4,7H2,1-2H3. The summed E-state index contributed by atoms with van der Waals surface area (Å²) in [5, 5.41) is 18.2. The molecule has 0 spiro atoms. The average Bonchev–Trinajstić information content (AvgIpc) is 2.25. The van der Waals surface area contributed by atoms with Gasteiger partial charge < -0.3 is 14.8 Å². The van der Waals surface area contributed by atoms with Crippen LogP contribution in [-0.2, 0) is 0 Å². The largest absolute Gasteiger partial charge is 0.494 e. The summed E-state index contributed by atoms with van der Waals surface area (Å²) in [6, 6.07) is 3.73. The average molecular weight is 240 g/mol. The van der Waals surface area contributed by atoms with E-state index in [0.717, 1.165) is 18.9 Å². The summed E-state index contributed by atoms with van der Waals surface area (Å²) >= 11 is 0. The van der Waals surface area contributed by atoms with Crippen LogP contribution >= 0.6 is 0 Å². The molecule has 1 rings (SSSR count). The Morgan fingerprint density at radius 3 is 2.65 bits per heavy atom. The zero-order valence-corrected chi connectivity index (χ0v) is 10.2. The van der Waals surface area contributed by atoms with Gasteiger partial charge in [0.25, 0.3) is 0 Å². The topological polar surface area (TPSA) is 49.7 Å². The number of hydrogen-bond acceptors (Lipinski definition) is 3. The lowest BCUT2D eigenvalue weighted by Crippen LogP contribution is -2.32. The number of ether oxygens (including phenoxy) is 1. The van der Waals surface area contributed by atoms with Crippen LogP contribution in [0.25, 0.3) is 0 Å². The third kappa shape index (κ3) is 4.75. The van der Waals surface area contributed by atoms with Gasteiger partial charge in [0.15, 0.2) is 0 Å². The first-order valence-electron chi connectivity index (χ1n) is 5.79. The molecule has 0 radical (unpaired) electrons. The van der Waals surface area contributed by atoms with Crippen LogP contribution in [0.15, 0.2) is 18.2 Å². The Kier molecular flexibility index (Phi) is 5.45. The minimum Gasteiger partial charge on any atom is -0.494 e. The monoisotopic (exact) mass is 240 g/mol. The molecule has 0 amide bonds. The second-order valence-electron chi connectivity index (χ2n) is 4.44. The van der Waals surface area contributed by atoms with Gasteiger partial charge in [-0.3, -0.25) is 0 Å². The molecule has 1 aromatic carbocycles. The molecule has 5 heteroatoms. The Balaban J connectivity index is 2.58. The highest BCUT2D eigenvalue weighted by atomic mass is 19.1. The van der Waals surface area contributed by atoms with Crippen LogP contribution in [0.5, 0.6) is 5.75 Å². The van der Waals surface area contributed by atoms with Crippen molar-refractivity contribution in [3.05, 3.63) is 24.0 Å². The van der Waals surface area contributed by atoms with Gasteiger partial charge in [-0.25, -0.2) is 4.39 Å². The third-order valence-electron chi connectivity index (χ3n) is 2.43. The fourth-order valence-corrected chi connectivity index (χ4v) is 1.53. The molecule has 0 aliphatic heterocycles. The van der Waals surface area contributed by atoms with E-state index in [1.807, 2.05) is 0 Å². The van der Waals surface area contributed by atoms with E-state index in [4.69, 9.17) is 14.8 Å². The number of benzene rings is 1.